The number of hydrogen-bond donors (Lipinski definition) is 0. The van der Waals surface area contributed by atoms with Crippen LogP contribution in [-0.4, -0.2) is 55.4 Å². The lowest BCUT2D eigenvalue weighted by Crippen LogP contribution is -2.49. The highest BCUT2D eigenvalue weighted by Crippen LogP contribution is 2.49. The highest BCUT2D eigenvalue weighted by Gasteiger charge is 2.63. The van der Waals surface area contributed by atoms with Crippen molar-refractivity contribution in [3.63, 3.8) is 0 Å². The Bertz CT molecular complexity index is 670. The molecule has 2 saturated heterocycles. The van der Waals surface area contributed by atoms with Crippen molar-refractivity contribution < 1.29 is 28.4 Å². The first kappa shape index (κ1) is 16.8. The average molecular weight is 338 g/mol. The Morgan fingerprint density at radius 2 is 2.12 bits per heavy atom. The van der Waals surface area contributed by atoms with E-state index in [1.807, 2.05) is 0 Å². The molecule has 2 amide bonds. The summed E-state index contributed by atoms with van der Waals surface area (Å²) in [6.07, 6.45) is -0.890. The van der Waals surface area contributed by atoms with Crippen molar-refractivity contribution in [2.24, 2.45) is 5.92 Å². The van der Waals surface area contributed by atoms with Crippen LogP contribution >= 0.6 is 0 Å². The van der Waals surface area contributed by atoms with Crippen LogP contribution in [0.15, 0.2) is 24.3 Å². The summed E-state index contributed by atoms with van der Waals surface area (Å²) in [5.74, 6) is -1.80. The molecule has 0 unspecified atom stereocenters. The number of fused-ring (bicyclic) bond motifs is 1. The van der Waals surface area contributed by atoms with E-state index in [0.717, 1.165) is 10.1 Å². The van der Waals surface area contributed by atoms with Gasteiger partial charge >= 0.3 is 0 Å². The van der Waals surface area contributed by atoms with E-state index >= 15 is 0 Å². The number of carbonyl (C=O) groups excluding carboxylic acids is 2. The first-order chi connectivity index (χ1) is 11.4. The molecule has 0 aromatic heterocycles. The topological polar surface area (TPSA) is 68.3 Å². The molecule has 7 nitrogen and oxygen atoms in total. The van der Waals surface area contributed by atoms with Gasteiger partial charge in [-0.05, 0) is 6.07 Å². The molecule has 1 aromatic rings. The fraction of sp³-hybridized carbons (Fsp3) is 0.500. The predicted molar refractivity (Wildman–Crippen MR) is 79.6 cm³/mol. The molecular weight excluding hydrogens is 319 g/mol. The lowest BCUT2D eigenvalue weighted by Gasteiger charge is -2.35. The Morgan fingerprint density at radius 1 is 1.42 bits per heavy atom. The van der Waals surface area contributed by atoms with E-state index in [2.05, 4.69) is 0 Å². The molecule has 3 rings (SSSR count). The zero-order valence-electron chi connectivity index (χ0n) is 13.7. The van der Waals surface area contributed by atoms with Crippen molar-refractivity contribution in [3.8, 4) is 0 Å². The second-order valence-corrected chi connectivity index (χ2v) is 5.87. The largest absolute Gasteiger partial charge is 0.365 e. The summed E-state index contributed by atoms with van der Waals surface area (Å²) in [5.41, 5.74) is -0.899. The zero-order valence-corrected chi connectivity index (χ0v) is 13.7. The summed E-state index contributed by atoms with van der Waals surface area (Å²) in [6, 6.07) is 6.14. The van der Waals surface area contributed by atoms with E-state index in [1.165, 1.54) is 27.1 Å². The molecule has 0 spiro atoms. The van der Waals surface area contributed by atoms with Gasteiger partial charge in [-0.25, -0.2) is 14.5 Å². The molecule has 2 heterocycles. The van der Waals surface area contributed by atoms with Crippen LogP contribution in [0.25, 0.3) is 0 Å². The van der Waals surface area contributed by atoms with Gasteiger partial charge in [0.2, 0.25) is 5.91 Å². The molecule has 0 radical (unpaired) electrons. The molecule has 0 N–H and O–H groups in total. The average Bonchev–Trinajstić information content (AvgIpc) is 3.11. The van der Waals surface area contributed by atoms with Gasteiger partial charge in [0.05, 0.1) is 26.2 Å². The molecule has 0 bridgehead atoms. The highest BCUT2D eigenvalue weighted by molar-refractivity contribution is 5.81. The van der Waals surface area contributed by atoms with Gasteiger partial charge in [0.25, 0.3) is 5.91 Å². The van der Waals surface area contributed by atoms with E-state index in [1.54, 1.807) is 18.2 Å². The first-order valence-corrected chi connectivity index (χ1v) is 7.55. The lowest BCUT2D eigenvalue weighted by atomic mass is 9.78. The van der Waals surface area contributed by atoms with Crippen LogP contribution in [0.4, 0.5) is 4.39 Å². The maximum Gasteiger partial charge on any atom is 0.275 e. The van der Waals surface area contributed by atoms with Crippen LogP contribution < -0.4 is 0 Å². The van der Waals surface area contributed by atoms with E-state index in [-0.39, 0.29) is 24.7 Å². The number of likely N-dealkylation sites (N-methyl/N-ethyl adjacent to an activating group) is 1. The van der Waals surface area contributed by atoms with E-state index < -0.39 is 29.3 Å². The third-order valence-corrected chi connectivity index (χ3v) is 4.66. The molecule has 0 saturated carbocycles. The number of rotatable bonds is 3. The number of hydroxylamine groups is 4. The number of halogens is 1. The van der Waals surface area contributed by atoms with E-state index in [9.17, 15) is 14.0 Å². The maximum absolute atomic E-state index is 14.5. The van der Waals surface area contributed by atoms with Gasteiger partial charge in [-0.1, -0.05) is 18.2 Å². The SMILES string of the molecule is CON(C)C(=O)[C@H]1OC[C@@]2(c3ccccc3F)[C@@H]1CON2C(C)=O. The van der Waals surface area contributed by atoms with Crippen LogP contribution in [0.2, 0.25) is 0 Å². The van der Waals surface area contributed by atoms with Crippen molar-refractivity contribution in [1.29, 1.82) is 0 Å². The minimum absolute atomic E-state index is 0.0356. The number of ether oxygens (including phenoxy) is 1. The first-order valence-electron chi connectivity index (χ1n) is 7.55. The Morgan fingerprint density at radius 3 is 2.75 bits per heavy atom. The second kappa shape index (κ2) is 6.12. The van der Waals surface area contributed by atoms with Gasteiger partial charge in [-0.2, -0.15) is 0 Å². The molecule has 8 heteroatoms. The second-order valence-electron chi connectivity index (χ2n) is 5.87. The third kappa shape index (κ3) is 2.29. The molecule has 2 aliphatic heterocycles. The van der Waals surface area contributed by atoms with Gasteiger partial charge in [-0.3, -0.25) is 19.3 Å². The van der Waals surface area contributed by atoms with Gasteiger partial charge in [-0.15, -0.1) is 0 Å². The summed E-state index contributed by atoms with van der Waals surface area (Å²) in [6.45, 7) is 1.37. The molecule has 130 valence electrons. The Labute approximate surface area is 138 Å². The van der Waals surface area contributed by atoms with Crippen molar-refractivity contribution >= 4 is 11.8 Å². The van der Waals surface area contributed by atoms with Crippen molar-refractivity contribution in [2.75, 3.05) is 27.4 Å². The molecule has 1 aromatic carbocycles. The van der Waals surface area contributed by atoms with Crippen LogP contribution in [0.1, 0.15) is 12.5 Å². The van der Waals surface area contributed by atoms with Crippen molar-refractivity contribution in [3.05, 3.63) is 35.6 Å². The number of nitrogens with zero attached hydrogens (tertiary/aromatic N) is 2. The standard InChI is InChI=1S/C16H19FN2O5/c1-10(20)19-16(11-6-4-5-7-13(11)17)9-23-14(12(16)8-24-19)15(21)18(2)22-3/h4-7,12,14H,8-9H2,1-3H3/t12-,14+,16-/m1/s1. The summed E-state index contributed by atoms with van der Waals surface area (Å²) < 4.78 is 20.2. The van der Waals surface area contributed by atoms with Gasteiger partial charge in [0, 0.05) is 19.5 Å². The molecule has 3 atom stereocenters. The quantitative estimate of drug-likeness (QED) is 0.765. The minimum atomic E-state index is -1.17. The number of benzene rings is 1. The summed E-state index contributed by atoms with van der Waals surface area (Å²) >= 11 is 0. The number of amides is 2. The lowest BCUT2D eigenvalue weighted by molar-refractivity contribution is -0.196. The van der Waals surface area contributed by atoms with Gasteiger partial charge < -0.3 is 4.74 Å². The normalized spacial score (nSPS) is 28.8. The monoisotopic (exact) mass is 338 g/mol. The number of hydrogen-bond acceptors (Lipinski definition) is 5. The fourth-order valence-electron chi connectivity index (χ4n) is 3.48. The van der Waals surface area contributed by atoms with Crippen LogP contribution in [0.3, 0.4) is 0 Å². The summed E-state index contributed by atoms with van der Waals surface area (Å²) in [4.78, 5) is 35.0. The van der Waals surface area contributed by atoms with Crippen molar-refractivity contribution in [1.82, 2.24) is 10.1 Å². The molecule has 2 fully saturated rings. The summed E-state index contributed by atoms with van der Waals surface area (Å²) in [7, 11) is 2.83. The highest BCUT2D eigenvalue weighted by atomic mass is 19.1. The Kier molecular flexibility index (Phi) is 4.29. The van der Waals surface area contributed by atoms with Crippen molar-refractivity contribution in [2.45, 2.75) is 18.6 Å². The fourth-order valence-corrected chi connectivity index (χ4v) is 3.48. The number of carbonyl (C=O) groups is 2. The molecule has 0 aliphatic carbocycles. The van der Waals surface area contributed by atoms with Gasteiger partial charge in [0.1, 0.15) is 17.5 Å². The van der Waals surface area contributed by atoms with Crippen LogP contribution in [0.5, 0.6) is 0 Å². The Hall–Kier alpha value is -2.03. The Balaban J connectivity index is 2.07. The van der Waals surface area contributed by atoms with E-state index in [0.29, 0.717) is 0 Å². The van der Waals surface area contributed by atoms with Crippen LogP contribution in [-0.2, 0) is 29.5 Å². The molecular formula is C16H19FN2O5. The maximum atomic E-state index is 14.5. The third-order valence-electron chi connectivity index (χ3n) is 4.66. The molecule has 24 heavy (non-hydrogen) atoms. The minimum Gasteiger partial charge on any atom is -0.365 e. The van der Waals surface area contributed by atoms with E-state index in [4.69, 9.17) is 14.4 Å². The smallest absolute Gasteiger partial charge is 0.275 e. The zero-order chi connectivity index (χ0) is 17.5. The predicted octanol–water partition coefficient (Wildman–Crippen LogP) is 0.849. The van der Waals surface area contributed by atoms with Gasteiger partial charge in [0.15, 0.2) is 0 Å². The molecule has 2 aliphatic rings. The summed E-state index contributed by atoms with van der Waals surface area (Å²) in [5, 5.41) is 2.19. The van der Waals surface area contributed by atoms with Crippen LogP contribution in [0, 0.1) is 11.7 Å².